The second-order valence-electron chi connectivity index (χ2n) is 5.55. The van der Waals surface area contributed by atoms with Crippen LogP contribution in [0.4, 0.5) is 4.79 Å². The lowest BCUT2D eigenvalue weighted by atomic mass is 9.78. The van der Waals surface area contributed by atoms with Gasteiger partial charge in [0.05, 0.1) is 5.56 Å². The van der Waals surface area contributed by atoms with Gasteiger partial charge in [-0.15, -0.1) is 0 Å². The molecule has 1 saturated heterocycles. The Kier molecular flexibility index (Phi) is 3.07. The molecule has 10 heteroatoms. The van der Waals surface area contributed by atoms with Crippen LogP contribution in [0.2, 0.25) is 0 Å². The highest BCUT2D eigenvalue weighted by atomic mass is 16.5. The molecule has 10 nitrogen and oxygen atoms in total. The fourth-order valence-corrected chi connectivity index (χ4v) is 3.11. The van der Waals surface area contributed by atoms with Gasteiger partial charge in [-0.2, -0.15) is 0 Å². The predicted octanol–water partition coefficient (Wildman–Crippen LogP) is -0.717. The van der Waals surface area contributed by atoms with Crippen LogP contribution >= 0.6 is 0 Å². The molecule has 0 radical (unpaired) electrons. The molecule has 0 spiro atoms. The van der Waals surface area contributed by atoms with Gasteiger partial charge < -0.3 is 4.74 Å². The van der Waals surface area contributed by atoms with E-state index in [-0.39, 0.29) is 11.4 Å². The Hall–Kier alpha value is -3.69. The quantitative estimate of drug-likeness (QED) is 0.502. The number of rotatable bonds is 1. The van der Waals surface area contributed by atoms with Gasteiger partial charge in [-0.05, 0) is 6.07 Å². The smallest absolute Gasteiger partial charge is 0.328 e. The second-order valence-corrected chi connectivity index (χ2v) is 5.55. The molecule has 4 N–H and O–H groups in total. The number of barbiturate groups is 1. The summed E-state index contributed by atoms with van der Waals surface area (Å²) in [6, 6.07) is 5.57. The van der Waals surface area contributed by atoms with Crippen LogP contribution in [0.1, 0.15) is 17.0 Å². The van der Waals surface area contributed by atoms with E-state index in [0.29, 0.717) is 11.3 Å². The third kappa shape index (κ3) is 2.23. The highest BCUT2D eigenvalue weighted by molar-refractivity contribution is 6.17. The first-order valence-corrected chi connectivity index (χ1v) is 7.24. The summed E-state index contributed by atoms with van der Waals surface area (Å²) < 4.78 is 5.55. The number of nitrogens with one attached hydrogen (secondary N) is 4. The van der Waals surface area contributed by atoms with Gasteiger partial charge in [0, 0.05) is 11.5 Å². The topological polar surface area (TPSA) is 150 Å². The zero-order valence-corrected chi connectivity index (χ0v) is 12.4. The molecule has 4 rings (SSSR count). The highest BCUT2D eigenvalue weighted by Gasteiger charge is 2.46. The van der Waals surface area contributed by atoms with Crippen molar-refractivity contribution in [2.24, 2.45) is 5.92 Å². The molecule has 0 aliphatic carbocycles. The van der Waals surface area contributed by atoms with Crippen molar-refractivity contribution in [1.82, 2.24) is 20.6 Å². The van der Waals surface area contributed by atoms with E-state index in [1.54, 1.807) is 24.3 Å². The Bertz CT molecular complexity index is 1030. The first-order valence-electron chi connectivity index (χ1n) is 7.24. The number of para-hydroxylation sites is 1. The molecule has 2 aliphatic heterocycles. The minimum Gasteiger partial charge on any atom is -0.440 e. The summed E-state index contributed by atoms with van der Waals surface area (Å²) in [6.45, 7) is 0. The van der Waals surface area contributed by atoms with Gasteiger partial charge in [-0.3, -0.25) is 35.0 Å². The number of urea groups is 1. The Morgan fingerprint density at radius 1 is 0.840 bits per heavy atom. The van der Waals surface area contributed by atoms with E-state index in [9.17, 15) is 24.0 Å². The minimum absolute atomic E-state index is 0.0667. The number of aromatic amines is 2. The Balaban J connectivity index is 1.98. The molecule has 4 amide bonds. The summed E-state index contributed by atoms with van der Waals surface area (Å²) in [7, 11) is 0. The molecule has 1 fully saturated rings. The number of hydrogen-bond donors (Lipinski definition) is 4. The molecular weight excluding hydrogens is 332 g/mol. The Labute approximate surface area is 138 Å². The molecule has 2 aliphatic rings. The SMILES string of the molecule is O=C1NC(=O)C([C@@H]2c3ccccc3Oc3[nH]c(=O)[nH]c(=O)c32)C(=O)N1. The van der Waals surface area contributed by atoms with Crippen LogP contribution in [0, 0.1) is 5.92 Å². The van der Waals surface area contributed by atoms with Crippen molar-refractivity contribution in [2.45, 2.75) is 5.92 Å². The normalized spacial score (nSPS) is 19.4. The van der Waals surface area contributed by atoms with Gasteiger partial charge in [-0.25, -0.2) is 9.59 Å². The number of aromatic nitrogens is 2. The van der Waals surface area contributed by atoms with Gasteiger partial charge in [0.15, 0.2) is 0 Å². The molecule has 126 valence electrons. The van der Waals surface area contributed by atoms with Crippen LogP contribution in [0.3, 0.4) is 0 Å². The maximum absolute atomic E-state index is 12.3. The first kappa shape index (κ1) is 14.9. The summed E-state index contributed by atoms with van der Waals surface area (Å²) >= 11 is 0. The van der Waals surface area contributed by atoms with Gasteiger partial charge in [0.2, 0.25) is 17.7 Å². The average molecular weight is 342 g/mol. The number of imide groups is 2. The van der Waals surface area contributed by atoms with Gasteiger partial charge >= 0.3 is 11.7 Å². The van der Waals surface area contributed by atoms with E-state index in [1.165, 1.54) is 0 Å². The molecule has 2 aromatic rings. The van der Waals surface area contributed by atoms with Crippen LogP contribution in [-0.4, -0.2) is 27.8 Å². The van der Waals surface area contributed by atoms with Crippen molar-refractivity contribution < 1.29 is 19.1 Å². The van der Waals surface area contributed by atoms with Crippen molar-refractivity contribution >= 4 is 17.8 Å². The lowest BCUT2D eigenvalue weighted by Gasteiger charge is -2.32. The fraction of sp³-hybridized carbons (Fsp3) is 0.133. The minimum atomic E-state index is -1.38. The lowest BCUT2D eigenvalue weighted by Crippen LogP contribution is -2.58. The van der Waals surface area contributed by atoms with E-state index in [0.717, 1.165) is 0 Å². The predicted molar refractivity (Wildman–Crippen MR) is 81.2 cm³/mol. The maximum atomic E-state index is 12.3. The van der Waals surface area contributed by atoms with Crippen LogP contribution in [-0.2, 0) is 9.59 Å². The standard InChI is InChI=1S/C15H10N4O6/c20-10-8(11(21)17-14(23)16-10)7-5-3-1-2-4-6(5)25-13-9(7)12(22)18-15(24)19-13/h1-4,7-8H,(H2,18,19,22,24)(H2,16,17,20,21,23)/t7-/m0/s1. The van der Waals surface area contributed by atoms with E-state index in [2.05, 4.69) is 9.97 Å². The van der Waals surface area contributed by atoms with Gasteiger partial charge in [-0.1, -0.05) is 18.2 Å². The van der Waals surface area contributed by atoms with Crippen LogP contribution in [0.25, 0.3) is 0 Å². The molecular formula is C15H10N4O6. The van der Waals surface area contributed by atoms with E-state index in [1.807, 2.05) is 10.6 Å². The number of benzene rings is 1. The maximum Gasteiger partial charge on any atom is 0.328 e. The Morgan fingerprint density at radius 3 is 2.24 bits per heavy atom. The largest absolute Gasteiger partial charge is 0.440 e. The van der Waals surface area contributed by atoms with Crippen LogP contribution in [0.15, 0.2) is 33.9 Å². The molecule has 1 atom stereocenters. The van der Waals surface area contributed by atoms with Crippen LogP contribution in [0.5, 0.6) is 11.6 Å². The molecule has 3 heterocycles. The third-order valence-corrected chi connectivity index (χ3v) is 4.09. The summed E-state index contributed by atoms with van der Waals surface area (Å²) in [6.07, 6.45) is 0. The molecule has 1 aromatic heterocycles. The monoisotopic (exact) mass is 342 g/mol. The van der Waals surface area contributed by atoms with Crippen molar-refractivity contribution in [2.75, 3.05) is 0 Å². The summed E-state index contributed by atoms with van der Waals surface area (Å²) in [5, 5.41) is 4.03. The van der Waals surface area contributed by atoms with Crippen LogP contribution < -0.4 is 26.6 Å². The van der Waals surface area contributed by atoms with Crippen molar-refractivity contribution in [3.8, 4) is 11.6 Å². The molecule has 0 unspecified atom stereocenters. The third-order valence-electron chi connectivity index (χ3n) is 4.09. The van der Waals surface area contributed by atoms with Crippen molar-refractivity contribution in [3.05, 3.63) is 56.2 Å². The summed E-state index contributed by atoms with van der Waals surface area (Å²) in [5.74, 6) is -3.95. The number of fused-ring (bicyclic) bond motifs is 2. The van der Waals surface area contributed by atoms with E-state index >= 15 is 0 Å². The zero-order chi connectivity index (χ0) is 17.7. The van der Waals surface area contributed by atoms with E-state index < -0.39 is 40.9 Å². The highest BCUT2D eigenvalue weighted by Crippen LogP contribution is 2.45. The lowest BCUT2D eigenvalue weighted by molar-refractivity contribution is -0.136. The summed E-state index contributed by atoms with van der Waals surface area (Å²) in [4.78, 5) is 64.2. The molecule has 25 heavy (non-hydrogen) atoms. The van der Waals surface area contributed by atoms with Crippen molar-refractivity contribution in [1.29, 1.82) is 0 Å². The van der Waals surface area contributed by atoms with Gasteiger partial charge in [0.25, 0.3) is 5.56 Å². The zero-order valence-electron chi connectivity index (χ0n) is 12.4. The first-order chi connectivity index (χ1) is 12.0. The van der Waals surface area contributed by atoms with Crippen molar-refractivity contribution in [3.63, 3.8) is 0 Å². The molecule has 0 bridgehead atoms. The number of hydrogen-bond acceptors (Lipinski definition) is 6. The summed E-state index contributed by atoms with van der Waals surface area (Å²) in [5.41, 5.74) is -1.22. The number of amides is 4. The van der Waals surface area contributed by atoms with E-state index in [4.69, 9.17) is 4.74 Å². The number of H-pyrrole nitrogens is 2. The Morgan fingerprint density at radius 2 is 1.52 bits per heavy atom. The number of carbonyl (C=O) groups excluding carboxylic acids is 3. The number of ether oxygens (including phenoxy) is 1. The van der Waals surface area contributed by atoms with Gasteiger partial charge in [0.1, 0.15) is 11.7 Å². The second kappa shape index (κ2) is 5.16. The molecule has 0 saturated carbocycles. The average Bonchev–Trinajstić information content (AvgIpc) is 2.52. The molecule has 1 aromatic carbocycles. The number of carbonyl (C=O) groups is 3. The fourth-order valence-electron chi connectivity index (χ4n) is 3.11.